The van der Waals surface area contributed by atoms with Crippen LogP contribution < -0.4 is 10.6 Å². The fourth-order valence-electron chi connectivity index (χ4n) is 5.16. The predicted molar refractivity (Wildman–Crippen MR) is 139 cm³/mol. The molecular formula is C27H31F3N6O2. The quantitative estimate of drug-likeness (QED) is 0.404. The van der Waals surface area contributed by atoms with Crippen LogP contribution in [-0.4, -0.2) is 57.8 Å². The highest BCUT2D eigenvalue weighted by Gasteiger charge is 2.38. The van der Waals surface area contributed by atoms with Crippen molar-refractivity contribution in [3.8, 4) is 0 Å². The van der Waals surface area contributed by atoms with Crippen LogP contribution in [0, 0.1) is 6.57 Å². The first-order valence-corrected chi connectivity index (χ1v) is 12.6. The Balaban J connectivity index is 1.72. The van der Waals surface area contributed by atoms with E-state index < -0.39 is 17.4 Å². The SMILES string of the molecule is [C-]#[N+]c1ccc2c(n1)c(N1C[C@@H](COCC)N(C(CC)c3ccc(C(F)(F)F)cc3)C[C@@H]1C)nc(=O)n2C. The Labute approximate surface area is 219 Å². The number of halogens is 3. The third kappa shape index (κ3) is 5.37. The first kappa shape index (κ1) is 27.5. The van der Waals surface area contributed by atoms with E-state index in [0.717, 1.165) is 17.7 Å². The molecule has 0 N–H and O–H groups in total. The minimum atomic E-state index is -4.39. The van der Waals surface area contributed by atoms with Crippen LogP contribution in [0.2, 0.25) is 0 Å². The van der Waals surface area contributed by atoms with Gasteiger partial charge in [0.05, 0.1) is 23.7 Å². The predicted octanol–water partition coefficient (Wildman–Crippen LogP) is 4.96. The van der Waals surface area contributed by atoms with Crippen molar-refractivity contribution < 1.29 is 17.9 Å². The Bertz CT molecular complexity index is 1380. The molecule has 0 saturated carbocycles. The van der Waals surface area contributed by atoms with Crippen molar-refractivity contribution in [1.29, 1.82) is 0 Å². The van der Waals surface area contributed by atoms with Crippen molar-refractivity contribution in [2.24, 2.45) is 7.05 Å². The van der Waals surface area contributed by atoms with E-state index in [0.29, 0.717) is 49.6 Å². The molecule has 0 spiro atoms. The second kappa shape index (κ2) is 11.1. The summed E-state index contributed by atoms with van der Waals surface area (Å²) in [6, 6.07) is 8.31. The zero-order chi connectivity index (χ0) is 27.6. The van der Waals surface area contributed by atoms with Crippen LogP contribution in [0.5, 0.6) is 0 Å². The van der Waals surface area contributed by atoms with Gasteiger partial charge in [-0.2, -0.15) is 18.2 Å². The molecule has 1 aliphatic heterocycles. The lowest BCUT2D eigenvalue weighted by Gasteiger charge is -2.48. The number of alkyl halides is 3. The Morgan fingerprint density at radius 3 is 2.45 bits per heavy atom. The van der Waals surface area contributed by atoms with E-state index in [9.17, 15) is 18.0 Å². The van der Waals surface area contributed by atoms with Crippen molar-refractivity contribution in [1.82, 2.24) is 19.4 Å². The van der Waals surface area contributed by atoms with Gasteiger partial charge in [0.1, 0.15) is 0 Å². The summed E-state index contributed by atoms with van der Waals surface area (Å²) in [6.07, 6.45) is -3.69. The van der Waals surface area contributed by atoms with Gasteiger partial charge in [-0.1, -0.05) is 25.6 Å². The van der Waals surface area contributed by atoms with E-state index >= 15 is 0 Å². The lowest BCUT2D eigenvalue weighted by molar-refractivity contribution is -0.137. The van der Waals surface area contributed by atoms with Crippen LogP contribution in [-0.2, 0) is 18.0 Å². The molecule has 1 unspecified atom stereocenters. The summed E-state index contributed by atoms with van der Waals surface area (Å²) in [5.41, 5.74) is 0.778. The van der Waals surface area contributed by atoms with E-state index in [1.165, 1.54) is 4.57 Å². The second-order valence-electron chi connectivity index (χ2n) is 9.48. The number of hydrogen-bond donors (Lipinski definition) is 0. The van der Waals surface area contributed by atoms with Gasteiger partial charge in [-0.25, -0.2) is 4.79 Å². The van der Waals surface area contributed by atoms with Crippen molar-refractivity contribution in [2.75, 3.05) is 31.2 Å². The monoisotopic (exact) mass is 528 g/mol. The van der Waals surface area contributed by atoms with Crippen LogP contribution >= 0.6 is 0 Å². The molecule has 2 aromatic heterocycles. The van der Waals surface area contributed by atoms with Crippen LogP contribution in [0.3, 0.4) is 0 Å². The molecule has 4 rings (SSSR count). The molecule has 0 amide bonds. The summed E-state index contributed by atoms with van der Waals surface area (Å²) in [7, 11) is 1.62. The van der Waals surface area contributed by atoms with Gasteiger partial charge in [0, 0.05) is 38.8 Å². The number of fused-ring (bicyclic) bond motifs is 1. The molecule has 3 heterocycles. The number of pyridine rings is 1. The average molecular weight is 529 g/mol. The standard InChI is InChI=1S/C27H31F3N6O2/c1-6-21(18-8-10-19(11-9-18)27(28,29)30)36-14-17(3)35(15-20(36)16-38-7-2)25-24-22(34(5)26(37)33-25)12-13-23(31-4)32-24/h8-13,17,20-21H,6-7,14-16H2,1-3,5H3/t17-,20-,21?/m0/s1. The van der Waals surface area contributed by atoms with E-state index in [1.807, 2.05) is 25.7 Å². The van der Waals surface area contributed by atoms with Crippen LogP contribution in [0.25, 0.3) is 15.9 Å². The van der Waals surface area contributed by atoms with E-state index in [-0.39, 0.29) is 23.9 Å². The zero-order valence-electron chi connectivity index (χ0n) is 21.9. The topological polar surface area (TPSA) is 67.8 Å². The lowest BCUT2D eigenvalue weighted by Crippen LogP contribution is -2.60. The summed E-state index contributed by atoms with van der Waals surface area (Å²) in [5, 5.41) is 0. The molecular weight excluding hydrogens is 497 g/mol. The van der Waals surface area contributed by atoms with Gasteiger partial charge in [-0.3, -0.25) is 9.47 Å². The normalized spacial score (nSPS) is 19.5. The molecule has 3 atom stereocenters. The summed E-state index contributed by atoms with van der Waals surface area (Å²) < 4.78 is 46.7. The molecule has 38 heavy (non-hydrogen) atoms. The molecule has 1 aliphatic rings. The Morgan fingerprint density at radius 2 is 1.84 bits per heavy atom. The van der Waals surface area contributed by atoms with Gasteiger partial charge in [0.15, 0.2) is 5.82 Å². The van der Waals surface area contributed by atoms with Crippen LogP contribution in [0.4, 0.5) is 24.8 Å². The van der Waals surface area contributed by atoms with Crippen molar-refractivity contribution in [3.05, 3.63) is 69.4 Å². The molecule has 0 radical (unpaired) electrons. The first-order valence-electron chi connectivity index (χ1n) is 12.6. The molecule has 11 heteroatoms. The van der Waals surface area contributed by atoms with Crippen molar-refractivity contribution >= 4 is 22.7 Å². The minimum absolute atomic E-state index is 0.0995. The molecule has 0 aliphatic carbocycles. The minimum Gasteiger partial charge on any atom is -0.380 e. The van der Waals surface area contributed by atoms with Gasteiger partial charge in [0.25, 0.3) is 5.82 Å². The number of nitrogens with zero attached hydrogens (tertiary/aromatic N) is 6. The highest BCUT2D eigenvalue weighted by molar-refractivity contribution is 5.87. The van der Waals surface area contributed by atoms with Gasteiger partial charge in [0.2, 0.25) is 5.52 Å². The average Bonchev–Trinajstić information content (AvgIpc) is 2.90. The molecule has 1 saturated heterocycles. The van der Waals surface area contributed by atoms with Gasteiger partial charge in [-0.15, -0.1) is 4.98 Å². The van der Waals surface area contributed by atoms with E-state index in [1.54, 1.807) is 31.3 Å². The third-order valence-electron chi connectivity index (χ3n) is 7.12. The van der Waals surface area contributed by atoms with Gasteiger partial charge < -0.3 is 14.5 Å². The number of rotatable bonds is 7. The first-order chi connectivity index (χ1) is 18.1. The third-order valence-corrected chi connectivity index (χ3v) is 7.12. The Morgan fingerprint density at radius 1 is 1.13 bits per heavy atom. The maximum atomic E-state index is 13.1. The Kier molecular flexibility index (Phi) is 8.04. The van der Waals surface area contributed by atoms with E-state index in [4.69, 9.17) is 11.3 Å². The summed E-state index contributed by atoms with van der Waals surface area (Å²) in [5.74, 6) is 0.634. The zero-order valence-corrected chi connectivity index (χ0v) is 21.9. The van der Waals surface area contributed by atoms with Gasteiger partial charge in [-0.05, 0) is 50.1 Å². The fraction of sp³-hybridized carbons (Fsp3) is 0.481. The highest BCUT2D eigenvalue weighted by atomic mass is 19.4. The molecule has 1 aromatic carbocycles. The van der Waals surface area contributed by atoms with Crippen molar-refractivity contribution in [3.63, 3.8) is 0 Å². The number of aromatic nitrogens is 3. The summed E-state index contributed by atoms with van der Waals surface area (Å²) in [4.78, 5) is 29.3. The number of hydrogen-bond acceptors (Lipinski definition) is 6. The van der Waals surface area contributed by atoms with E-state index in [2.05, 4.69) is 19.7 Å². The van der Waals surface area contributed by atoms with Gasteiger partial charge >= 0.3 is 11.9 Å². The molecule has 0 bridgehead atoms. The second-order valence-corrected chi connectivity index (χ2v) is 9.48. The smallest absolute Gasteiger partial charge is 0.380 e. The fourth-order valence-corrected chi connectivity index (χ4v) is 5.16. The van der Waals surface area contributed by atoms with Crippen LogP contribution in [0.1, 0.15) is 44.4 Å². The van der Waals surface area contributed by atoms with Crippen LogP contribution in [0.15, 0.2) is 41.2 Å². The molecule has 1 fully saturated rings. The number of anilines is 1. The molecule has 3 aromatic rings. The largest absolute Gasteiger partial charge is 0.416 e. The number of ether oxygens (including phenoxy) is 1. The number of piperazine rings is 1. The maximum absolute atomic E-state index is 13.1. The highest BCUT2D eigenvalue weighted by Crippen LogP contribution is 2.35. The number of benzene rings is 1. The maximum Gasteiger partial charge on any atom is 0.416 e. The lowest BCUT2D eigenvalue weighted by atomic mass is 9.96. The van der Waals surface area contributed by atoms with Crippen molar-refractivity contribution in [2.45, 2.75) is 51.5 Å². The summed E-state index contributed by atoms with van der Waals surface area (Å²) >= 11 is 0. The molecule has 202 valence electrons. The molecule has 8 nitrogen and oxygen atoms in total. The Hall–Kier alpha value is -3.49. The number of aryl methyl sites for hydroxylation is 1. The summed E-state index contributed by atoms with van der Waals surface area (Å²) in [6.45, 7) is 15.3.